The molecule has 1 heterocycles. The predicted molar refractivity (Wildman–Crippen MR) is 55.8 cm³/mol. The summed E-state index contributed by atoms with van der Waals surface area (Å²) in [7, 11) is 0. The van der Waals surface area contributed by atoms with Crippen LogP contribution in [0.25, 0.3) is 0 Å². The monoisotopic (exact) mass is 230 g/mol. The minimum atomic E-state index is -0.663. The first-order valence-corrected chi connectivity index (χ1v) is 5.45. The maximum atomic E-state index is 11.3. The van der Waals surface area contributed by atoms with Crippen molar-refractivity contribution in [3.05, 3.63) is 0 Å². The van der Waals surface area contributed by atoms with Gasteiger partial charge in [0.15, 0.2) is 11.6 Å². The molecule has 1 rings (SSSR count). The van der Waals surface area contributed by atoms with Crippen LogP contribution in [0.1, 0.15) is 33.1 Å². The maximum absolute atomic E-state index is 11.3. The van der Waals surface area contributed by atoms with Crippen LogP contribution in [0.5, 0.6) is 0 Å². The molecule has 1 aliphatic rings. The summed E-state index contributed by atoms with van der Waals surface area (Å²) >= 11 is 0. The Balaban J connectivity index is 2.22. The van der Waals surface area contributed by atoms with Crippen molar-refractivity contribution in [2.45, 2.75) is 38.9 Å². The molecule has 5 nitrogen and oxygen atoms in total. The Bertz CT molecular complexity index is 255. The highest BCUT2D eigenvalue weighted by molar-refractivity contribution is 5.81. The number of hydrogen-bond acceptors (Lipinski definition) is 5. The van der Waals surface area contributed by atoms with Crippen molar-refractivity contribution in [3.8, 4) is 0 Å². The van der Waals surface area contributed by atoms with E-state index in [0.29, 0.717) is 26.1 Å². The third-order valence-electron chi connectivity index (χ3n) is 2.40. The first-order valence-electron chi connectivity index (χ1n) is 5.45. The number of esters is 1. The quantitative estimate of drug-likeness (QED) is 0.661. The number of Topliss-reactive ketones (excluding diaryl/α,β-unsaturated/α-hetero) is 1. The smallest absolute Gasteiger partial charge is 0.303 e. The predicted octanol–water partition coefficient (Wildman–Crippen LogP) is 1.05. The Labute approximate surface area is 95.0 Å². The lowest BCUT2D eigenvalue weighted by molar-refractivity contribution is -0.258. The Kier molecular flexibility index (Phi) is 4.89. The molecule has 5 heteroatoms. The fourth-order valence-electron chi connectivity index (χ4n) is 1.44. The zero-order valence-electron chi connectivity index (χ0n) is 9.78. The molecule has 0 bridgehead atoms. The number of ether oxygens (including phenoxy) is 3. The highest BCUT2D eigenvalue weighted by atomic mass is 16.7. The number of carbonyl (C=O) groups is 2. The van der Waals surface area contributed by atoms with Gasteiger partial charge in [0.2, 0.25) is 0 Å². The van der Waals surface area contributed by atoms with E-state index in [0.717, 1.165) is 6.42 Å². The minimum absolute atomic E-state index is 0.116. The van der Waals surface area contributed by atoms with Crippen LogP contribution < -0.4 is 0 Å². The number of hydrogen-bond donors (Lipinski definition) is 0. The van der Waals surface area contributed by atoms with E-state index in [1.807, 2.05) is 6.92 Å². The van der Waals surface area contributed by atoms with E-state index in [9.17, 15) is 9.59 Å². The van der Waals surface area contributed by atoms with Crippen LogP contribution in [0.15, 0.2) is 0 Å². The molecule has 0 saturated carbocycles. The molecule has 0 aromatic carbocycles. The number of rotatable bonds is 5. The van der Waals surface area contributed by atoms with E-state index in [-0.39, 0.29) is 12.4 Å². The molecule has 0 aliphatic carbocycles. The van der Waals surface area contributed by atoms with Crippen molar-refractivity contribution in [1.82, 2.24) is 0 Å². The van der Waals surface area contributed by atoms with Crippen molar-refractivity contribution < 1.29 is 23.8 Å². The molecular weight excluding hydrogens is 212 g/mol. The van der Waals surface area contributed by atoms with E-state index >= 15 is 0 Å². The average Bonchev–Trinajstić information content (AvgIpc) is 2.25. The molecule has 1 saturated heterocycles. The summed E-state index contributed by atoms with van der Waals surface area (Å²) in [5, 5.41) is 0. The van der Waals surface area contributed by atoms with Crippen molar-refractivity contribution in [3.63, 3.8) is 0 Å². The van der Waals surface area contributed by atoms with E-state index in [1.165, 1.54) is 6.92 Å². The van der Waals surface area contributed by atoms with Gasteiger partial charge in [0.25, 0.3) is 0 Å². The number of carbonyl (C=O) groups excluding carboxylic acids is 2. The average molecular weight is 230 g/mol. The van der Waals surface area contributed by atoms with Gasteiger partial charge < -0.3 is 14.2 Å². The molecule has 0 atom stereocenters. The lowest BCUT2D eigenvalue weighted by atomic mass is 10.1. The normalized spacial score (nSPS) is 19.1. The van der Waals surface area contributed by atoms with Gasteiger partial charge >= 0.3 is 5.97 Å². The molecule has 0 aromatic heterocycles. The molecule has 16 heavy (non-hydrogen) atoms. The summed E-state index contributed by atoms with van der Waals surface area (Å²) in [6, 6.07) is 0. The lowest BCUT2D eigenvalue weighted by Crippen LogP contribution is -2.38. The third kappa shape index (κ3) is 4.72. The molecule has 0 N–H and O–H groups in total. The van der Waals surface area contributed by atoms with Crippen molar-refractivity contribution in [2.24, 2.45) is 0 Å². The summed E-state index contributed by atoms with van der Waals surface area (Å²) in [6.45, 7) is 4.27. The Morgan fingerprint density at radius 3 is 2.50 bits per heavy atom. The van der Waals surface area contributed by atoms with Crippen LogP contribution in [0, 0.1) is 0 Å². The van der Waals surface area contributed by atoms with E-state index in [4.69, 9.17) is 9.47 Å². The van der Waals surface area contributed by atoms with Crippen LogP contribution >= 0.6 is 0 Å². The lowest BCUT2D eigenvalue weighted by Gasteiger charge is -2.33. The zero-order valence-corrected chi connectivity index (χ0v) is 9.78. The first-order chi connectivity index (χ1) is 7.52. The summed E-state index contributed by atoms with van der Waals surface area (Å²) in [4.78, 5) is 21.8. The van der Waals surface area contributed by atoms with Gasteiger partial charge in [-0.3, -0.25) is 9.59 Å². The van der Waals surface area contributed by atoms with E-state index in [2.05, 4.69) is 4.74 Å². The largest absolute Gasteiger partial charge is 0.458 e. The maximum Gasteiger partial charge on any atom is 0.303 e. The SMILES string of the molecule is CC(=O)OCC(=O)CCC1(C)OCCCO1. The van der Waals surface area contributed by atoms with Crippen molar-refractivity contribution in [2.75, 3.05) is 19.8 Å². The standard InChI is InChI=1S/C11H18O5/c1-9(12)14-8-10(13)4-5-11(2)15-6-3-7-16-11/h3-8H2,1-2H3. The van der Waals surface area contributed by atoms with Crippen LogP contribution in [-0.4, -0.2) is 37.4 Å². The van der Waals surface area contributed by atoms with Gasteiger partial charge in [0.05, 0.1) is 13.2 Å². The van der Waals surface area contributed by atoms with Crippen molar-refractivity contribution >= 4 is 11.8 Å². The molecule has 0 aromatic rings. The van der Waals surface area contributed by atoms with E-state index in [1.54, 1.807) is 0 Å². The topological polar surface area (TPSA) is 61.8 Å². The first kappa shape index (κ1) is 13.1. The fourth-order valence-corrected chi connectivity index (χ4v) is 1.44. The van der Waals surface area contributed by atoms with Crippen LogP contribution in [0.4, 0.5) is 0 Å². The second kappa shape index (κ2) is 5.96. The second-order valence-corrected chi connectivity index (χ2v) is 4.00. The van der Waals surface area contributed by atoms with Crippen LogP contribution in [-0.2, 0) is 23.8 Å². The minimum Gasteiger partial charge on any atom is -0.458 e. The molecule has 0 amide bonds. The Morgan fingerprint density at radius 1 is 1.31 bits per heavy atom. The van der Waals surface area contributed by atoms with Gasteiger partial charge in [0.1, 0.15) is 6.61 Å². The molecule has 0 radical (unpaired) electrons. The molecular formula is C11H18O5. The molecule has 92 valence electrons. The van der Waals surface area contributed by atoms with Gasteiger partial charge in [-0.15, -0.1) is 0 Å². The Morgan fingerprint density at radius 2 is 1.94 bits per heavy atom. The second-order valence-electron chi connectivity index (χ2n) is 4.00. The molecule has 0 unspecified atom stereocenters. The summed E-state index contributed by atoms with van der Waals surface area (Å²) in [5.74, 6) is -1.22. The molecule has 0 spiro atoms. The Hall–Kier alpha value is -0.940. The number of ketones is 1. The summed E-state index contributed by atoms with van der Waals surface area (Å²) in [6.07, 6.45) is 1.67. The highest BCUT2D eigenvalue weighted by Gasteiger charge is 2.29. The highest BCUT2D eigenvalue weighted by Crippen LogP contribution is 2.23. The fraction of sp³-hybridized carbons (Fsp3) is 0.818. The third-order valence-corrected chi connectivity index (χ3v) is 2.40. The van der Waals surface area contributed by atoms with Gasteiger partial charge in [-0.25, -0.2) is 0 Å². The summed E-state index contributed by atoms with van der Waals surface area (Å²) in [5.41, 5.74) is 0. The van der Waals surface area contributed by atoms with Crippen LogP contribution in [0.2, 0.25) is 0 Å². The van der Waals surface area contributed by atoms with Gasteiger partial charge in [0, 0.05) is 19.8 Å². The van der Waals surface area contributed by atoms with Crippen molar-refractivity contribution in [1.29, 1.82) is 0 Å². The summed E-state index contributed by atoms with van der Waals surface area (Å²) < 4.78 is 15.5. The van der Waals surface area contributed by atoms with Crippen LogP contribution in [0.3, 0.4) is 0 Å². The van der Waals surface area contributed by atoms with Gasteiger partial charge in [-0.2, -0.15) is 0 Å². The molecule has 1 aliphatic heterocycles. The van der Waals surface area contributed by atoms with E-state index < -0.39 is 11.8 Å². The molecule has 1 fully saturated rings. The van der Waals surface area contributed by atoms with Gasteiger partial charge in [-0.1, -0.05) is 0 Å². The van der Waals surface area contributed by atoms with Gasteiger partial charge in [-0.05, 0) is 13.3 Å². The zero-order chi connectivity index (χ0) is 12.0.